The maximum absolute atomic E-state index is 6.74. The fourth-order valence-electron chi connectivity index (χ4n) is 0.980. The van der Waals surface area contributed by atoms with E-state index in [4.69, 9.17) is 16.7 Å². The Hall–Kier alpha value is -1.82. The van der Waals surface area contributed by atoms with Crippen LogP contribution in [0.4, 0.5) is 0 Å². The van der Waals surface area contributed by atoms with E-state index in [9.17, 15) is 0 Å². The fraction of sp³-hybridized carbons (Fsp3) is 0.200. The maximum atomic E-state index is 6.74. The zero-order chi connectivity index (χ0) is 9.52. The molecule has 3 heteroatoms. The molecule has 1 rings (SSSR count). The van der Waals surface area contributed by atoms with Gasteiger partial charge < -0.3 is 4.74 Å². The van der Waals surface area contributed by atoms with E-state index in [0.717, 1.165) is 5.56 Å². The lowest BCUT2D eigenvalue weighted by Gasteiger charge is -2.06. The molecule has 0 spiro atoms. The van der Waals surface area contributed by atoms with Crippen LogP contribution in [0.15, 0.2) is 29.4 Å². The number of rotatable bonds is 4. The van der Waals surface area contributed by atoms with E-state index in [0.29, 0.717) is 12.3 Å². The smallest absolute Gasteiger partial charge is 0.148 e. The van der Waals surface area contributed by atoms with Crippen molar-refractivity contribution in [2.24, 2.45) is 5.11 Å². The van der Waals surface area contributed by atoms with Crippen LogP contribution >= 0.6 is 0 Å². The van der Waals surface area contributed by atoms with Crippen molar-refractivity contribution in [3.05, 3.63) is 29.8 Å². The molecule has 3 nitrogen and oxygen atoms in total. The summed E-state index contributed by atoms with van der Waals surface area (Å²) < 4.78 is 5.26. The Labute approximate surface area is 77.2 Å². The first-order chi connectivity index (χ1) is 6.38. The number of benzene rings is 1. The molecule has 1 aromatic rings. The second kappa shape index (κ2) is 4.94. The van der Waals surface area contributed by atoms with Crippen molar-refractivity contribution in [3.8, 4) is 18.1 Å². The Balaban J connectivity index is 2.78. The number of nitrogens with zero attached hydrogens (tertiary/aromatic N) is 1. The zero-order valence-electron chi connectivity index (χ0n) is 7.16. The van der Waals surface area contributed by atoms with Gasteiger partial charge in [0, 0.05) is 5.56 Å². The van der Waals surface area contributed by atoms with Gasteiger partial charge in [-0.1, -0.05) is 24.1 Å². The standard InChI is InChI=1S/C10H10N2O/c1-2-7-13-10-6-4-3-5-9(10)8-12-11/h1,3-6,11H,7-8H2. The van der Waals surface area contributed by atoms with Gasteiger partial charge in [0.25, 0.3) is 0 Å². The molecule has 0 bridgehead atoms. The summed E-state index contributed by atoms with van der Waals surface area (Å²) in [6.45, 7) is 0.579. The Morgan fingerprint density at radius 2 is 2.23 bits per heavy atom. The molecular weight excluding hydrogens is 164 g/mol. The van der Waals surface area contributed by atoms with Gasteiger partial charge in [-0.15, -0.1) is 6.42 Å². The van der Waals surface area contributed by atoms with Crippen LogP contribution in [0.1, 0.15) is 5.56 Å². The summed E-state index contributed by atoms with van der Waals surface area (Å²) in [5.74, 6) is 3.09. The van der Waals surface area contributed by atoms with Gasteiger partial charge in [-0.05, 0) is 6.07 Å². The van der Waals surface area contributed by atoms with E-state index in [1.807, 2.05) is 24.3 Å². The van der Waals surface area contributed by atoms with Crippen LogP contribution in [0.5, 0.6) is 5.75 Å². The van der Waals surface area contributed by atoms with Crippen LogP contribution in [0.25, 0.3) is 0 Å². The average molecular weight is 174 g/mol. The van der Waals surface area contributed by atoms with E-state index in [-0.39, 0.29) is 6.61 Å². The maximum Gasteiger partial charge on any atom is 0.148 e. The van der Waals surface area contributed by atoms with Gasteiger partial charge in [-0.3, -0.25) is 0 Å². The molecule has 0 saturated carbocycles. The highest BCUT2D eigenvalue weighted by Gasteiger charge is 2.00. The predicted octanol–water partition coefficient (Wildman–Crippen LogP) is 2.23. The highest BCUT2D eigenvalue weighted by molar-refractivity contribution is 5.33. The first-order valence-corrected chi connectivity index (χ1v) is 3.86. The van der Waals surface area contributed by atoms with Crippen molar-refractivity contribution in [2.45, 2.75) is 6.54 Å². The second-order valence-corrected chi connectivity index (χ2v) is 2.42. The molecule has 0 fully saturated rings. The predicted molar refractivity (Wildman–Crippen MR) is 49.6 cm³/mol. The van der Waals surface area contributed by atoms with Crippen LogP contribution in [-0.2, 0) is 6.54 Å². The summed E-state index contributed by atoms with van der Waals surface area (Å²) in [6.07, 6.45) is 5.06. The summed E-state index contributed by atoms with van der Waals surface area (Å²) in [4.78, 5) is 0. The normalized spacial score (nSPS) is 8.85. The summed E-state index contributed by atoms with van der Waals surface area (Å²) in [5.41, 5.74) is 7.63. The van der Waals surface area contributed by atoms with Crippen molar-refractivity contribution in [3.63, 3.8) is 0 Å². The lowest BCUT2D eigenvalue weighted by atomic mass is 10.2. The zero-order valence-corrected chi connectivity index (χ0v) is 7.16. The topological polar surface area (TPSA) is 45.4 Å². The minimum Gasteiger partial charge on any atom is -0.481 e. The van der Waals surface area contributed by atoms with Crippen LogP contribution in [-0.4, -0.2) is 6.61 Å². The lowest BCUT2D eigenvalue weighted by Crippen LogP contribution is -1.96. The molecule has 1 aromatic carbocycles. The monoisotopic (exact) mass is 174 g/mol. The minimum atomic E-state index is 0.245. The van der Waals surface area contributed by atoms with E-state index >= 15 is 0 Å². The van der Waals surface area contributed by atoms with Gasteiger partial charge in [0.1, 0.15) is 12.4 Å². The third-order valence-corrected chi connectivity index (χ3v) is 1.53. The lowest BCUT2D eigenvalue weighted by molar-refractivity contribution is 0.366. The van der Waals surface area contributed by atoms with Gasteiger partial charge in [0.15, 0.2) is 0 Å². The summed E-state index contributed by atoms with van der Waals surface area (Å²) in [7, 11) is 0. The number of ether oxygens (including phenoxy) is 1. The first kappa shape index (κ1) is 9.27. The summed E-state index contributed by atoms with van der Waals surface area (Å²) in [6, 6.07) is 7.42. The van der Waals surface area contributed by atoms with Crippen molar-refractivity contribution in [1.29, 1.82) is 5.53 Å². The quantitative estimate of drug-likeness (QED) is 0.552. The largest absolute Gasteiger partial charge is 0.481 e. The molecule has 0 radical (unpaired) electrons. The molecular formula is C10H10N2O. The summed E-state index contributed by atoms with van der Waals surface area (Å²) in [5, 5.41) is 3.29. The molecule has 0 unspecified atom stereocenters. The molecule has 0 aliphatic rings. The van der Waals surface area contributed by atoms with E-state index in [2.05, 4.69) is 11.0 Å². The molecule has 0 aromatic heterocycles. The minimum absolute atomic E-state index is 0.245. The van der Waals surface area contributed by atoms with Gasteiger partial charge in [0.2, 0.25) is 0 Å². The number of nitrogens with one attached hydrogen (secondary N) is 1. The van der Waals surface area contributed by atoms with Gasteiger partial charge in [-0.25, -0.2) is 5.53 Å². The van der Waals surface area contributed by atoms with Crippen molar-refractivity contribution in [2.75, 3.05) is 6.61 Å². The molecule has 0 heterocycles. The highest BCUT2D eigenvalue weighted by atomic mass is 16.5. The Bertz CT molecular complexity index is 328. The highest BCUT2D eigenvalue weighted by Crippen LogP contribution is 2.18. The molecule has 0 saturated heterocycles. The van der Waals surface area contributed by atoms with Gasteiger partial charge in [-0.2, -0.15) is 5.11 Å². The van der Waals surface area contributed by atoms with Crippen LogP contribution in [0, 0.1) is 17.9 Å². The molecule has 66 valence electrons. The van der Waals surface area contributed by atoms with E-state index < -0.39 is 0 Å². The van der Waals surface area contributed by atoms with Crippen molar-refractivity contribution < 1.29 is 4.74 Å². The number of hydrogen-bond donors (Lipinski definition) is 1. The molecule has 1 N–H and O–H groups in total. The van der Waals surface area contributed by atoms with Crippen molar-refractivity contribution in [1.82, 2.24) is 0 Å². The van der Waals surface area contributed by atoms with Gasteiger partial charge in [0.05, 0.1) is 6.54 Å². The van der Waals surface area contributed by atoms with E-state index in [1.54, 1.807) is 0 Å². The molecule has 13 heavy (non-hydrogen) atoms. The Kier molecular flexibility index (Phi) is 3.52. The fourth-order valence-corrected chi connectivity index (χ4v) is 0.980. The first-order valence-electron chi connectivity index (χ1n) is 3.86. The Morgan fingerprint density at radius 1 is 1.46 bits per heavy atom. The second-order valence-electron chi connectivity index (χ2n) is 2.42. The number of terminal acetylenes is 1. The van der Waals surface area contributed by atoms with Crippen LogP contribution < -0.4 is 4.74 Å². The third kappa shape index (κ3) is 2.60. The molecule has 0 aliphatic carbocycles. The SMILES string of the molecule is C#CCOc1ccccc1CN=N. The molecule has 0 atom stereocenters. The number of hydrogen-bond acceptors (Lipinski definition) is 3. The Morgan fingerprint density at radius 3 is 2.92 bits per heavy atom. The van der Waals surface area contributed by atoms with Gasteiger partial charge >= 0.3 is 0 Å². The average Bonchev–Trinajstić information content (AvgIpc) is 2.17. The van der Waals surface area contributed by atoms with Crippen LogP contribution in [0.3, 0.4) is 0 Å². The van der Waals surface area contributed by atoms with E-state index in [1.165, 1.54) is 0 Å². The number of para-hydroxylation sites is 1. The van der Waals surface area contributed by atoms with Crippen LogP contribution in [0.2, 0.25) is 0 Å². The molecule has 0 amide bonds. The van der Waals surface area contributed by atoms with Crippen molar-refractivity contribution >= 4 is 0 Å². The third-order valence-electron chi connectivity index (χ3n) is 1.53. The molecule has 0 aliphatic heterocycles. The summed E-state index contributed by atoms with van der Waals surface area (Å²) >= 11 is 0.